The maximum absolute atomic E-state index is 15.0. The molecule has 5 aromatic carbocycles. The normalized spacial score (nSPS) is 22.5. The number of H-pyrrole nitrogens is 1. The molecule has 0 saturated carbocycles. The van der Waals surface area contributed by atoms with Crippen LogP contribution in [0.2, 0.25) is 0 Å². The van der Waals surface area contributed by atoms with Crippen LogP contribution < -0.4 is 75.3 Å². The molecule has 6 aromatic rings. The van der Waals surface area contributed by atoms with Crippen molar-refractivity contribution in [2.24, 2.45) is 11.5 Å². The molecule has 13 amide bonds. The van der Waals surface area contributed by atoms with E-state index in [2.05, 4.69) is 73.8 Å². The van der Waals surface area contributed by atoms with E-state index in [1.54, 1.807) is 48.5 Å². The average Bonchev–Trinajstić information content (AvgIpc) is 1.18. The average molecular weight is 1390 g/mol. The van der Waals surface area contributed by atoms with Crippen LogP contribution in [0.4, 0.5) is 0 Å². The molecule has 31 nitrogen and oxygen atoms in total. The Morgan fingerprint density at radius 3 is 1.59 bits per heavy atom. The van der Waals surface area contributed by atoms with Gasteiger partial charge in [0, 0.05) is 61.7 Å². The van der Waals surface area contributed by atoms with Gasteiger partial charge in [-0.15, -0.1) is 0 Å². The number of unbranched alkanes of at least 4 members (excludes halogenated alkanes) is 1. The van der Waals surface area contributed by atoms with Crippen LogP contribution in [0.15, 0.2) is 140 Å². The summed E-state index contributed by atoms with van der Waals surface area (Å²) in [6.07, 6.45) is 2.39. The van der Waals surface area contributed by atoms with E-state index in [4.69, 9.17) is 11.5 Å². The van der Waals surface area contributed by atoms with Gasteiger partial charge in [-0.2, -0.15) is 0 Å². The van der Waals surface area contributed by atoms with E-state index in [0.717, 1.165) is 18.2 Å². The van der Waals surface area contributed by atoms with E-state index >= 15 is 0 Å². The molecular weight excluding hydrogens is 1300 g/mol. The largest absolute Gasteiger partial charge is 0.508 e. The molecule has 0 radical (unpaired) electrons. The van der Waals surface area contributed by atoms with E-state index in [0.29, 0.717) is 23.1 Å². The summed E-state index contributed by atoms with van der Waals surface area (Å²) in [7, 11) is 0. The molecular formula is C70H82N16O15. The van der Waals surface area contributed by atoms with E-state index < -0.39 is 144 Å². The number of aromatic amines is 1. The van der Waals surface area contributed by atoms with Gasteiger partial charge in [-0.3, -0.25) is 62.3 Å². The molecule has 7 unspecified atom stereocenters. The first kappa shape index (κ1) is 74.8. The van der Waals surface area contributed by atoms with Crippen molar-refractivity contribution in [2.45, 2.75) is 126 Å². The Kier molecular flexibility index (Phi) is 27.0. The zero-order valence-electron chi connectivity index (χ0n) is 55.2. The third-order valence-electron chi connectivity index (χ3n) is 16.7. The predicted molar refractivity (Wildman–Crippen MR) is 364 cm³/mol. The third kappa shape index (κ3) is 22.5. The molecule has 2 aliphatic heterocycles. The number of carbonyl (C=O) groups excluding carboxylic acids is 13. The first-order valence-electron chi connectivity index (χ1n) is 32.8. The number of nitrogens with zero attached hydrogens (tertiary/aromatic N) is 1. The summed E-state index contributed by atoms with van der Waals surface area (Å²) in [4.78, 5) is 195. The summed E-state index contributed by atoms with van der Waals surface area (Å²) in [6, 6.07) is 17.2. The third-order valence-corrected chi connectivity index (χ3v) is 16.7. The van der Waals surface area contributed by atoms with Crippen LogP contribution in [-0.2, 0) is 73.6 Å². The number of imidazole rings is 1. The summed E-state index contributed by atoms with van der Waals surface area (Å²) >= 11 is 0. The molecule has 2 aliphatic rings. The molecule has 31 heteroatoms. The van der Waals surface area contributed by atoms with Gasteiger partial charge in [-0.05, 0) is 117 Å². The van der Waals surface area contributed by atoms with E-state index in [-0.39, 0.29) is 110 Å². The minimum Gasteiger partial charge on any atom is -0.508 e. The Morgan fingerprint density at radius 2 is 1.01 bits per heavy atom. The molecule has 4 bridgehead atoms. The highest BCUT2D eigenvalue weighted by Gasteiger charge is 2.36. The molecule has 8 rings (SSSR count). The predicted octanol–water partition coefficient (Wildman–Crippen LogP) is -1.45. The lowest BCUT2D eigenvalue weighted by Gasteiger charge is -2.27. The second kappa shape index (κ2) is 36.5. The van der Waals surface area contributed by atoms with Crippen molar-refractivity contribution >= 4 is 76.8 Å². The summed E-state index contributed by atoms with van der Waals surface area (Å²) in [5.74, 6) is -12.6. The van der Waals surface area contributed by atoms with Gasteiger partial charge >= 0.3 is 0 Å². The van der Waals surface area contributed by atoms with Gasteiger partial charge in [0.05, 0.1) is 18.6 Å². The lowest BCUT2D eigenvalue weighted by molar-refractivity contribution is -0.135. The smallest absolute Gasteiger partial charge is 0.252 e. The van der Waals surface area contributed by atoms with Crippen LogP contribution >= 0.6 is 0 Å². The van der Waals surface area contributed by atoms with Crippen molar-refractivity contribution in [1.29, 1.82) is 0 Å². The minimum absolute atomic E-state index is 0.0328. The van der Waals surface area contributed by atoms with Gasteiger partial charge in [0.25, 0.3) is 17.7 Å². The fraction of sp³-hybridized carbons (Fsp3) is 0.343. The molecule has 3 heterocycles. The zero-order chi connectivity index (χ0) is 72.5. The van der Waals surface area contributed by atoms with Gasteiger partial charge < -0.3 is 90.5 Å². The molecule has 0 saturated heterocycles. The standard InChI is InChI=1S/C70H82N16O15/c1-39-60(91)80-51-17-9-11-27-74-61(92)44-31-45(33-46(32-44)63(94)86-58(43-14-6-3-7-15-43)70(101)84-53(67(98)78-39)29-41-18-22-48(87)23-19-41)62(93)75-36-56(59(72)90)85-69(100)55(34-47-35-73-38-77-47)83-65(96)50(16-8-10-26-71)79-57(89)37-76-64(95)52(28-40-12-4-2-5-13-40)81-68(99)54(82-66(51)97)30-42-20-24-49(88)25-21-42/h2-7,12-15,18-25,31-33,35,38-39,50-56,58,87-88H,8-11,16-17,26-30,34,36-37,71H2,1H3,(H2,72,90)(H,73,77)(H,74,92)(H,75,93)(H,76,95)(H,78,98)(H,79,89)(H,80,91)(H,81,99)(H,82,97)(H,83,96)(H,84,101)(H,85,100)(H,86,94)/t39-,50?,51+,52?,53?,54?,55?,56?,58?/m1/s1. The molecule has 0 aliphatic carbocycles. The topological polar surface area (TPSA) is 487 Å². The highest BCUT2D eigenvalue weighted by molar-refractivity contribution is 6.06. The number of nitrogens with two attached hydrogens (primary N) is 2. The molecule has 0 spiro atoms. The van der Waals surface area contributed by atoms with Crippen LogP contribution in [-0.4, -0.2) is 171 Å². The molecule has 1 aromatic heterocycles. The number of aromatic hydroxyl groups is 2. The Balaban J connectivity index is 1.22. The van der Waals surface area contributed by atoms with Gasteiger partial charge in [0.15, 0.2) is 0 Å². The van der Waals surface area contributed by atoms with Crippen LogP contribution in [0, 0.1) is 0 Å². The maximum atomic E-state index is 15.0. The van der Waals surface area contributed by atoms with E-state index in [1.807, 2.05) is 0 Å². The van der Waals surface area contributed by atoms with Crippen LogP contribution in [0.5, 0.6) is 11.5 Å². The number of rotatable bonds is 14. The number of fused-ring (bicyclic) bond motifs is 8. The molecule has 532 valence electrons. The van der Waals surface area contributed by atoms with Gasteiger partial charge in [-0.1, -0.05) is 84.9 Å². The molecule has 9 atom stereocenters. The highest BCUT2D eigenvalue weighted by Crippen LogP contribution is 2.20. The van der Waals surface area contributed by atoms with Crippen molar-refractivity contribution in [2.75, 3.05) is 26.2 Å². The van der Waals surface area contributed by atoms with Crippen LogP contribution in [0.3, 0.4) is 0 Å². The Morgan fingerprint density at radius 1 is 0.495 bits per heavy atom. The van der Waals surface area contributed by atoms with Gasteiger partial charge in [0.2, 0.25) is 59.1 Å². The number of hydrogen-bond donors (Lipinski definition) is 17. The maximum Gasteiger partial charge on any atom is 0.252 e. The molecule has 101 heavy (non-hydrogen) atoms. The number of aromatic nitrogens is 2. The number of phenols is 2. The Bertz CT molecular complexity index is 3940. The summed E-state index contributed by atoms with van der Waals surface area (Å²) in [5, 5.41) is 51.9. The quantitative estimate of drug-likeness (QED) is 0.0555. The summed E-state index contributed by atoms with van der Waals surface area (Å²) in [6.45, 7) is -0.0835. The number of primary amides is 1. The summed E-state index contributed by atoms with van der Waals surface area (Å²) in [5.41, 5.74) is 12.5. The number of benzene rings is 5. The minimum atomic E-state index is -1.70. The van der Waals surface area contributed by atoms with Crippen molar-refractivity contribution in [1.82, 2.24) is 73.8 Å². The Hall–Kier alpha value is -12.0. The van der Waals surface area contributed by atoms with Crippen LogP contribution in [0.1, 0.15) is 111 Å². The number of hydrogen-bond acceptors (Lipinski definition) is 17. The lowest BCUT2D eigenvalue weighted by Crippen LogP contribution is -2.60. The number of nitrogens with one attached hydrogen (secondary N) is 13. The molecule has 19 N–H and O–H groups in total. The second-order valence-electron chi connectivity index (χ2n) is 24.4. The molecule has 0 fully saturated rings. The van der Waals surface area contributed by atoms with E-state index in [9.17, 15) is 72.5 Å². The van der Waals surface area contributed by atoms with Crippen molar-refractivity contribution in [3.05, 3.63) is 185 Å². The van der Waals surface area contributed by atoms with Crippen molar-refractivity contribution in [3.63, 3.8) is 0 Å². The SMILES string of the molecule is C[C@H]1NC(=O)C(Cc2ccc(O)cc2)NC(=O)C(c2ccccc2)NC(=O)c2cc3cc(c2)C(=O)NCC(C(N)=O)NC(=O)C(Cc2c[nH]cn2)NC(=O)C(CCCCN)NC(=O)CNC(=O)C(Cc2ccccc2)NC(=O)C(Cc2ccc(O)cc2)NC(=O)[C@H](CCCCNC3=O)NC1=O. The monoisotopic (exact) mass is 1390 g/mol. The number of phenolic OH excluding ortho intramolecular Hbond substituents is 2. The Labute approximate surface area is 580 Å². The van der Waals surface area contributed by atoms with E-state index in [1.165, 1.54) is 80.1 Å². The second-order valence-corrected chi connectivity index (χ2v) is 24.4. The van der Waals surface area contributed by atoms with Gasteiger partial charge in [0.1, 0.15) is 65.9 Å². The van der Waals surface area contributed by atoms with Crippen molar-refractivity contribution in [3.8, 4) is 11.5 Å². The van der Waals surface area contributed by atoms with Crippen molar-refractivity contribution < 1.29 is 72.5 Å². The number of carbonyl (C=O) groups is 13. The van der Waals surface area contributed by atoms with Gasteiger partial charge in [-0.25, -0.2) is 4.98 Å². The fourth-order valence-corrected chi connectivity index (χ4v) is 11.1. The number of amides is 13. The highest BCUT2D eigenvalue weighted by atomic mass is 16.3. The lowest BCUT2D eigenvalue weighted by atomic mass is 10.0. The zero-order valence-corrected chi connectivity index (χ0v) is 55.2. The fourth-order valence-electron chi connectivity index (χ4n) is 11.1. The first-order valence-corrected chi connectivity index (χ1v) is 32.8. The summed E-state index contributed by atoms with van der Waals surface area (Å²) < 4.78 is 0. The first-order chi connectivity index (χ1) is 48.5. The van der Waals surface area contributed by atoms with Crippen LogP contribution in [0.25, 0.3) is 0 Å².